The van der Waals surface area contributed by atoms with Gasteiger partial charge in [-0.15, -0.1) is 0 Å². The summed E-state index contributed by atoms with van der Waals surface area (Å²) in [6.45, 7) is 23.6. The van der Waals surface area contributed by atoms with Crippen LogP contribution in [0.5, 0.6) is 23.0 Å². The maximum atomic E-state index is 13.4. The van der Waals surface area contributed by atoms with E-state index in [1.807, 2.05) is 0 Å². The topological polar surface area (TPSA) is 116 Å². The predicted molar refractivity (Wildman–Crippen MR) is 251 cm³/mol. The molecule has 2 aliphatic carbocycles. The van der Waals surface area contributed by atoms with Gasteiger partial charge in [-0.3, -0.25) is 4.79 Å². The fourth-order valence-electron chi connectivity index (χ4n) is 8.28. The molecule has 0 amide bonds. The molecule has 1 saturated carbocycles. The van der Waals surface area contributed by atoms with E-state index in [4.69, 9.17) is 31.9 Å². The molecule has 3 atom stereocenters. The molecule has 2 aliphatic rings. The third-order valence-corrected chi connectivity index (χ3v) is 23.1. The number of benzene rings is 3. The first-order chi connectivity index (χ1) is 28.6. The average molecular weight is 905 g/mol. The quantitative estimate of drug-likeness (QED) is 0.0299. The maximum absolute atomic E-state index is 13.4. The van der Waals surface area contributed by atoms with Crippen LogP contribution in [-0.4, -0.2) is 64.4 Å². The number of ether oxygens (including phenoxy) is 5. The van der Waals surface area contributed by atoms with Gasteiger partial charge in [-0.2, -0.15) is 0 Å². The Hall–Kier alpha value is -3.80. The summed E-state index contributed by atoms with van der Waals surface area (Å²) in [7, 11) is -6.47. The summed E-state index contributed by atoms with van der Waals surface area (Å²) in [6, 6.07) is 20.6. The van der Waals surface area contributed by atoms with E-state index >= 15 is 0 Å². The number of fused-ring (bicyclic) bond motifs is 2. The van der Waals surface area contributed by atoms with E-state index < -0.39 is 45.2 Å². The molecule has 332 valence electrons. The Morgan fingerprint density at radius 1 is 0.574 bits per heavy atom. The Morgan fingerprint density at radius 2 is 1.07 bits per heavy atom. The van der Waals surface area contributed by atoms with Crippen LogP contribution in [0.3, 0.4) is 0 Å². The molecule has 61 heavy (non-hydrogen) atoms. The van der Waals surface area contributed by atoms with Crippen molar-refractivity contribution in [3.05, 3.63) is 95.6 Å². The number of carbonyl (C=O) groups excluding carboxylic acids is 3. The highest BCUT2D eigenvalue weighted by Gasteiger charge is 2.41. The Labute approximate surface area is 368 Å². The fraction of sp³-hybridized carbons (Fsp3) is 0.511. The van der Waals surface area contributed by atoms with Gasteiger partial charge in [0.05, 0.1) is 30.3 Å². The normalized spacial score (nSPS) is 17.6. The van der Waals surface area contributed by atoms with Crippen LogP contribution in [-0.2, 0) is 24.4 Å². The number of hydrogen-bond donors (Lipinski definition) is 0. The van der Waals surface area contributed by atoms with Gasteiger partial charge in [-0.1, -0.05) is 25.0 Å². The largest absolute Gasteiger partial charge is 0.494 e. The van der Waals surface area contributed by atoms with Crippen molar-refractivity contribution in [1.82, 2.24) is 0 Å². The van der Waals surface area contributed by atoms with Crippen LogP contribution in [0.4, 0.5) is 0 Å². The van der Waals surface area contributed by atoms with Crippen molar-refractivity contribution >= 4 is 51.2 Å². The molecule has 0 saturated heterocycles. The van der Waals surface area contributed by atoms with Crippen molar-refractivity contribution in [2.75, 3.05) is 13.2 Å². The minimum absolute atomic E-state index is 0.155. The van der Waals surface area contributed by atoms with Crippen LogP contribution in [0.2, 0.25) is 77.6 Å². The van der Waals surface area contributed by atoms with E-state index in [0.717, 1.165) is 50.6 Å². The molecular weight excluding hydrogens is 837 g/mol. The predicted octanol–water partition coefficient (Wildman–Crippen LogP) is 11.8. The van der Waals surface area contributed by atoms with Crippen LogP contribution in [0.1, 0.15) is 64.8 Å². The molecule has 0 spiro atoms. The van der Waals surface area contributed by atoms with E-state index in [1.165, 1.54) is 0 Å². The number of esters is 3. The summed E-state index contributed by atoms with van der Waals surface area (Å²) in [5.74, 6) is 0.725. The molecule has 5 rings (SSSR count). The second-order valence-electron chi connectivity index (χ2n) is 19.7. The van der Waals surface area contributed by atoms with Crippen LogP contribution in [0, 0.1) is 17.8 Å². The Morgan fingerprint density at radius 3 is 1.52 bits per heavy atom. The van der Waals surface area contributed by atoms with Gasteiger partial charge in [-0.05, 0) is 182 Å². The summed E-state index contributed by atoms with van der Waals surface area (Å²) in [4.78, 5) is 39.8. The third kappa shape index (κ3) is 16.1. The zero-order valence-electron chi connectivity index (χ0n) is 38.1. The maximum Gasteiger partial charge on any atom is 0.343 e. The zero-order valence-corrected chi connectivity index (χ0v) is 42.1. The van der Waals surface area contributed by atoms with E-state index in [0.29, 0.717) is 47.3 Å². The van der Waals surface area contributed by atoms with E-state index in [-0.39, 0.29) is 35.9 Å². The van der Waals surface area contributed by atoms with Gasteiger partial charge in [0.2, 0.25) is 0 Å². The zero-order chi connectivity index (χ0) is 44.4. The van der Waals surface area contributed by atoms with Crippen molar-refractivity contribution in [2.24, 2.45) is 17.8 Å². The lowest BCUT2D eigenvalue weighted by atomic mass is 9.94. The Balaban J connectivity index is 1.16. The minimum atomic E-state index is -1.68. The molecular formula is C47H68O10Si4. The smallest absolute Gasteiger partial charge is 0.343 e. The van der Waals surface area contributed by atoms with E-state index in [2.05, 4.69) is 77.6 Å². The van der Waals surface area contributed by atoms with Crippen molar-refractivity contribution < 1.29 is 46.3 Å². The number of unbranched alkanes of at least 4 members (excludes halogenated alkanes) is 2. The molecule has 3 unspecified atom stereocenters. The Kier molecular flexibility index (Phi) is 16.6. The summed E-state index contributed by atoms with van der Waals surface area (Å²) < 4.78 is 42.2. The number of allylic oxidation sites excluding steroid dienone is 2. The lowest BCUT2D eigenvalue weighted by molar-refractivity contribution is -0.150. The van der Waals surface area contributed by atoms with Gasteiger partial charge in [0.25, 0.3) is 0 Å². The first-order valence-electron chi connectivity index (χ1n) is 21.9. The molecule has 10 nitrogen and oxygen atoms in total. The highest BCUT2D eigenvalue weighted by atomic mass is 28.4. The summed E-state index contributed by atoms with van der Waals surface area (Å²) in [5, 5.41) is 0. The molecule has 0 heterocycles. The van der Waals surface area contributed by atoms with Crippen molar-refractivity contribution in [3.8, 4) is 23.0 Å². The average Bonchev–Trinajstić information content (AvgIpc) is 3.81. The van der Waals surface area contributed by atoms with Crippen molar-refractivity contribution in [1.29, 1.82) is 0 Å². The lowest BCUT2D eigenvalue weighted by Crippen LogP contribution is -2.42. The standard InChI is InChI=1S/C47H68O10Si4/c1-58(2,3)56-60(7,8)29-13-11-27-51-40-21-17-36(18-22-40)45(48)54-42-25-26-44(39(33-42)34-53-47(50)43-32-35-15-16-38(43)31-35)55-46(49)37-19-23-41(24-20-37)52-28-12-14-30-61(9,10)57-59(4,5)6/h15-26,33,35,38,43H,11-14,27-32,34H2,1-10H3. The van der Waals surface area contributed by atoms with Gasteiger partial charge >= 0.3 is 17.9 Å². The van der Waals surface area contributed by atoms with Gasteiger partial charge in [-0.25, -0.2) is 9.59 Å². The molecule has 2 bridgehead atoms. The van der Waals surface area contributed by atoms with Gasteiger partial charge in [0, 0.05) is 5.56 Å². The SMILES string of the molecule is C[Si](C)(C)O[Si](C)(C)CCCCOc1ccc(C(=O)Oc2ccc(OC(=O)c3ccc(OCCCC[Si](C)(C)O[Si](C)(C)C)cc3)c(COC(=O)C3CC4C=CC3C4)c2)cc1. The number of carbonyl (C=O) groups is 3. The molecule has 14 heteroatoms. The summed E-state index contributed by atoms with van der Waals surface area (Å²) in [5.41, 5.74) is 1.08. The highest BCUT2D eigenvalue weighted by Crippen LogP contribution is 2.44. The highest BCUT2D eigenvalue weighted by molar-refractivity contribution is 6.84. The molecule has 0 radical (unpaired) electrons. The summed E-state index contributed by atoms with van der Waals surface area (Å²) in [6.07, 6.45) is 9.95. The van der Waals surface area contributed by atoms with Crippen molar-refractivity contribution in [2.45, 2.75) is 123 Å². The van der Waals surface area contributed by atoms with Crippen molar-refractivity contribution in [3.63, 3.8) is 0 Å². The molecule has 3 aromatic carbocycles. The Bertz CT molecular complexity index is 1970. The number of hydrogen-bond acceptors (Lipinski definition) is 10. The minimum Gasteiger partial charge on any atom is -0.494 e. The van der Waals surface area contributed by atoms with Gasteiger partial charge < -0.3 is 31.9 Å². The lowest BCUT2D eigenvalue weighted by Gasteiger charge is -2.31. The fourth-order valence-corrected chi connectivity index (χ4v) is 24.6. The molecule has 3 aromatic rings. The summed E-state index contributed by atoms with van der Waals surface area (Å²) >= 11 is 0. The second-order valence-corrected chi connectivity index (χ2v) is 37.8. The van der Waals surface area contributed by atoms with E-state index in [9.17, 15) is 14.4 Å². The second kappa shape index (κ2) is 21.0. The van der Waals surface area contributed by atoms with Crippen LogP contribution < -0.4 is 18.9 Å². The van der Waals surface area contributed by atoms with Crippen LogP contribution in [0.25, 0.3) is 0 Å². The van der Waals surface area contributed by atoms with Crippen LogP contribution in [0.15, 0.2) is 78.9 Å². The first kappa shape index (κ1) is 48.2. The molecule has 0 N–H and O–H groups in total. The monoisotopic (exact) mass is 904 g/mol. The third-order valence-electron chi connectivity index (χ3n) is 10.6. The number of rotatable bonds is 23. The van der Waals surface area contributed by atoms with E-state index in [1.54, 1.807) is 66.7 Å². The van der Waals surface area contributed by atoms with Gasteiger partial charge in [0.15, 0.2) is 33.3 Å². The van der Waals surface area contributed by atoms with Gasteiger partial charge in [0.1, 0.15) is 29.6 Å². The molecule has 1 fully saturated rings. The molecule has 0 aromatic heterocycles. The first-order valence-corrected chi connectivity index (χ1v) is 35.0. The van der Waals surface area contributed by atoms with Crippen LogP contribution >= 0.6 is 0 Å². The molecule has 0 aliphatic heterocycles.